The molecule has 0 atom stereocenters. The summed E-state index contributed by atoms with van der Waals surface area (Å²) in [4.78, 5) is 0. The Morgan fingerprint density at radius 3 is 1.96 bits per heavy atom. The number of hydrogen-bond donors (Lipinski definition) is 2. The van der Waals surface area contributed by atoms with Crippen LogP contribution >= 0.6 is 22.7 Å². The van der Waals surface area contributed by atoms with Crippen molar-refractivity contribution in [1.82, 2.24) is 20.4 Å². The standard InChI is InChI=1S/C8H8N4OS.C5H3NS.C3H5NO.CH4/c13-3-1-7-9-11-8(12-10-7)6-2-4-14-5-6;6-3-5-1-2-7-4-5;4-2-1-3-5;/h2,4-5,13H,1,3H2;1-2,4H;5H,1,3H2;1H4. The summed E-state index contributed by atoms with van der Waals surface area (Å²) in [5.74, 6) is 0.986. The molecule has 0 fully saturated rings. The number of aromatic nitrogens is 4. The second-order valence-corrected chi connectivity index (χ2v) is 5.94. The predicted octanol–water partition coefficient (Wildman–Crippen LogP) is 2.68. The zero-order valence-corrected chi connectivity index (χ0v) is 15.3. The Hall–Kier alpha value is -2.76. The molecular formula is C17H20N6O2S2. The molecule has 0 bridgehead atoms. The Morgan fingerprint density at radius 1 is 0.926 bits per heavy atom. The van der Waals surface area contributed by atoms with Gasteiger partial charge in [0.2, 0.25) is 5.82 Å². The SMILES string of the molecule is C.N#CCCO.N#Cc1ccsc1.OCCc1nnc(-c2ccsc2)nn1. The Bertz CT molecular complexity index is 794. The fraction of sp³-hybridized carbons (Fsp3) is 0.294. The van der Waals surface area contributed by atoms with Gasteiger partial charge >= 0.3 is 0 Å². The quantitative estimate of drug-likeness (QED) is 0.676. The molecule has 0 unspecified atom stereocenters. The van der Waals surface area contributed by atoms with Gasteiger partial charge in [-0.05, 0) is 22.9 Å². The first-order valence-electron chi connectivity index (χ1n) is 7.35. The summed E-state index contributed by atoms with van der Waals surface area (Å²) in [5.41, 5.74) is 1.68. The number of nitriles is 2. The molecule has 0 amide bonds. The van der Waals surface area contributed by atoms with E-state index in [2.05, 4.69) is 20.4 Å². The van der Waals surface area contributed by atoms with Crippen LogP contribution in [0.2, 0.25) is 0 Å². The van der Waals surface area contributed by atoms with Crippen LogP contribution < -0.4 is 0 Å². The lowest BCUT2D eigenvalue weighted by Gasteiger charge is -1.95. The van der Waals surface area contributed by atoms with Crippen molar-refractivity contribution in [2.24, 2.45) is 0 Å². The molecule has 0 spiro atoms. The second-order valence-electron chi connectivity index (χ2n) is 4.38. The van der Waals surface area contributed by atoms with Crippen molar-refractivity contribution >= 4 is 22.7 Å². The molecule has 3 aromatic rings. The fourth-order valence-electron chi connectivity index (χ4n) is 1.34. The molecule has 142 valence electrons. The summed E-state index contributed by atoms with van der Waals surface area (Å²) >= 11 is 3.11. The highest BCUT2D eigenvalue weighted by Crippen LogP contribution is 2.15. The smallest absolute Gasteiger partial charge is 0.204 e. The maximum absolute atomic E-state index is 8.64. The predicted molar refractivity (Wildman–Crippen MR) is 105 cm³/mol. The van der Waals surface area contributed by atoms with Crippen LogP contribution in [0, 0.1) is 22.7 Å². The van der Waals surface area contributed by atoms with Crippen LogP contribution in [0.25, 0.3) is 11.4 Å². The maximum Gasteiger partial charge on any atom is 0.204 e. The van der Waals surface area contributed by atoms with E-state index >= 15 is 0 Å². The van der Waals surface area contributed by atoms with Crippen LogP contribution in [0.4, 0.5) is 0 Å². The van der Waals surface area contributed by atoms with E-state index in [1.165, 1.54) is 0 Å². The van der Waals surface area contributed by atoms with E-state index in [4.69, 9.17) is 20.7 Å². The Labute approximate surface area is 166 Å². The Balaban J connectivity index is 0.000000438. The first kappa shape index (κ1) is 24.2. The van der Waals surface area contributed by atoms with Gasteiger partial charge in [0.15, 0.2) is 5.82 Å². The summed E-state index contributed by atoms with van der Waals surface area (Å²) in [6, 6.07) is 7.49. The van der Waals surface area contributed by atoms with Crippen LogP contribution in [-0.2, 0) is 6.42 Å². The van der Waals surface area contributed by atoms with Crippen LogP contribution in [0.3, 0.4) is 0 Å². The molecule has 0 aliphatic carbocycles. The van der Waals surface area contributed by atoms with Crippen molar-refractivity contribution in [3.05, 3.63) is 45.0 Å². The van der Waals surface area contributed by atoms with Crippen LogP contribution in [0.15, 0.2) is 33.7 Å². The summed E-state index contributed by atoms with van der Waals surface area (Å²) in [6.45, 7) is -0.00232. The third-order valence-corrected chi connectivity index (χ3v) is 3.88. The molecule has 27 heavy (non-hydrogen) atoms. The highest BCUT2D eigenvalue weighted by molar-refractivity contribution is 7.08. The van der Waals surface area contributed by atoms with E-state index in [9.17, 15) is 0 Å². The first-order chi connectivity index (χ1) is 12.7. The normalized spacial score (nSPS) is 8.59. The van der Waals surface area contributed by atoms with Crippen molar-refractivity contribution in [3.63, 3.8) is 0 Å². The lowest BCUT2D eigenvalue weighted by molar-refractivity contribution is 0.295. The van der Waals surface area contributed by atoms with Gasteiger partial charge in [-0.1, -0.05) is 7.43 Å². The van der Waals surface area contributed by atoms with E-state index < -0.39 is 0 Å². The van der Waals surface area contributed by atoms with Crippen molar-refractivity contribution in [2.75, 3.05) is 13.2 Å². The molecule has 0 aliphatic heterocycles. The van der Waals surface area contributed by atoms with Gasteiger partial charge in [0.25, 0.3) is 0 Å². The van der Waals surface area contributed by atoms with Crippen molar-refractivity contribution in [3.8, 4) is 23.5 Å². The van der Waals surface area contributed by atoms with E-state index in [0.717, 1.165) is 11.1 Å². The van der Waals surface area contributed by atoms with E-state index in [1.807, 2.05) is 33.7 Å². The van der Waals surface area contributed by atoms with Crippen LogP contribution in [0.1, 0.15) is 25.2 Å². The lowest BCUT2D eigenvalue weighted by atomic mass is 10.3. The van der Waals surface area contributed by atoms with E-state index in [0.29, 0.717) is 18.1 Å². The summed E-state index contributed by atoms with van der Waals surface area (Å²) < 4.78 is 0. The third kappa shape index (κ3) is 10.1. The number of aliphatic hydroxyl groups excluding tert-OH is 2. The largest absolute Gasteiger partial charge is 0.396 e. The van der Waals surface area contributed by atoms with Crippen LogP contribution in [0.5, 0.6) is 0 Å². The Morgan fingerprint density at radius 2 is 1.59 bits per heavy atom. The summed E-state index contributed by atoms with van der Waals surface area (Å²) in [6.07, 6.45) is 0.643. The minimum atomic E-state index is -0.0174. The topological polar surface area (TPSA) is 140 Å². The van der Waals surface area contributed by atoms with E-state index in [-0.39, 0.29) is 27.1 Å². The van der Waals surface area contributed by atoms with Gasteiger partial charge in [-0.2, -0.15) is 33.2 Å². The second kappa shape index (κ2) is 15.5. The number of rotatable bonds is 4. The molecule has 2 N–H and O–H groups in total. The van der Waals surface area contributed by atoms with Crippen molar-refractivity contribution in [2.45, 2.75) is 20.3 Å². The number of aliphatic hydroxyl groups is 2. The average molecular weight is 405 g/mol. The molecule has 0 saturated heterocycles. The van der Waals surface area contributed by atoms with Crippen molar-refractivity contribution < 1.29 is 10.2 Å². The molecule has 0 saturated carbocycles. The molecule has 3 heterocycles. The molecular weight excluding hydrogens is 384 g/mol. The number of nitrogens with zero attached hydrogens (tertiary/aromatic N) is 6. The minimum absolute atomic E-state index is 0. The molecule has 3 aromatic heterocycles. The van der Waals surface area contributed by atoms with Gasteiger partial charge in [0, 0.05) is 22.7 Å². The number of hydrogen-bond acceptors (Lipinski definition) is 10. The fourth-order valence-corrected chi connectivity index (χ4v) is 2.55. The minimum Gasteiger partial charge on any atom is -0.396 e. The highest BCUT2D eigenvalue weighted by Gasteiger charge is 2.03. The number of thiophene rings is 2. The van der Waals surface area contributed by atoms with Gasteiger partial charge in [-0.15, -0.1) is 20.4 Å². The lowest BCUT2D eigenvalue weighted by Crippen LogP contribution is -2.04. The molecule has 3 rings (SSSR count). The summed E-state index contributed by atoms with van der Waals surface area (Å²) in [7, 11) is 0. The van der Waals surface area contributed by atoms with E-state index in [1.54, 1.807) is 34.8 Å². The molecule has 0 aromatic carbocycles. The first-order valence-corrected chi connectivity index (χ1v) is 9.23. The van der Waals surface area contributed by atoms with Crippen molar-refractivity contribution in [1.29, 1.82) is 10.5 Å². The molecule has 0 radical (unpaired) electrons. The van der Waals surface area contributed by atoms with Gasteiger partial charge in [-0.25, -0.2) is 0 Å². The molecule has 0 aliphatic rings. The van der Waals surface area contributed by atoms with Gasteiger partial charge in [-0.3, -0.25) is 0 Å². The molecule has 8 nitrogen and oxygen atoms in total. The molecule has 10 heteroatoms. The average Bonchev–Trinajstić information content (AvgIpc) is 3.38. The van der Waals surface area contributed by atoms with Gasteiger partial charge < -0.3 is 10.2 Å². The van der Waals surface area contributed by atoms with Crippen LogP contribution in [-0.4, -0.2) is 43.8 Å². The van der Waals surface area contributed by atoms with Gasteiger partial charge in [0.1, 0.15) is 0 Å². The zero-order chi connectivity index (χ0) is 19.0. The monoisotopic (exact) mass is 404 g/mol. The highest BCUT2D eigenvalue weighted by atomic mass is 32.1. The summed E-state index contributed by atoms with van der Waals surface area (Å²) in [5, 5.41) is 55.4. The maximum atomic E-state index is 8.64. The zero-order valence-electron chi connectivity index (χ0n) is 13.7. The van der Waals surface area contributed by atoms with Gasteiger partial charge in [0.05, 0.1) is 37.3 Å². The Kier molecular flexibility index (Phi) is 13.9. The third-order valence-electron chi connectivity index (χ3n) is 2.51.